The lowest BCUT2D eigenvalue weighted by Gasteiger charge is -2.27. The predicted molar refractivity (Wildman–Crippen MR) is 52.3 cm³/mol. The highest BCUT2D eigenvalue weighted by Gasteiger charge is 2.20. The maximum absolute atomic E-state index is 13.4. The molecular formula is C11H10F2N2. The quantitative estimate of drug-likeness (QED) is 0.811. The number of halogens is 2. The van der Waals surface area contributed by atoms with Crippen LogP contribution in [0.15, 0.2) is 12.1 Å². The molecular weight excluding hydrogens is 198 g/mol. The first kappa shape index (κ1) is 9.91. The molecule has 2 rings (SSSR count). The summed E-state index contributed by atoms with van der Waals surface area (Å²) in [5.41, 5.74) is -0.108. The molecule has 0 amide bonds. The zero-order valence-corrected chi connectivity index (χ0v) is 8.06. The van der Waals surface area contributed by atoms with Crippen molar-refractivity contribution in [3.8, 4) is 6.07 Å². The maximum Gasteiger partial charge on any atom is 0.183 e. The van der Waals surface area contributed by atoms with Gasteiger partial charge in [-0.25, -0.2) is 8.78 Å². The summed E-state index contributed by atoms with van der Waals surface area (Å²) in [6, 6.07) is 4.55. The van der Waals surface area contributed by atoms with E-state index < -0.39 is 11.6 Å². The van der Waals surface area contributed by atoms with E-state index in [4.69, 9.17) is 5.26 Å². The van der Waals surface area contributed by atoms with Crippen molar-refractivity contribution >= 4 is 5.69 Å². The first-order chi connectivity index (χ1) is 7.22. The Morgan fingerprint density at radius 3 is 2.53 bits per heavy atom. The smallest absolute Gasteiger partial charge is 0.183 e. The largest absolute Gasteiger partial charge is 0.380 e. The minimum atomic E-state index is -1.07. The molecule has 15 heavy (non-hydrogen) atoms. The number of hydrogen-bond acceptors (Lipinski definition) is 2. The molecule has 0 aromatic heterocycles. The van der Waals surface area contributed by atoms with E-state index in [1.165, 1.54) is 12.1 Å². The van der Waals surface area contributed by atoms with Gasteiger partial charge < -0.3 is 5.32 Å². The molecule has 4 heteroatoms. The summed E-state index contributed by atoms with van der Waals surface area (Å²) < 4.78 is 26.6. The van der Waals surface area contributed by atoms with E-state index in [9.17, 15) is 8.78 Å². The van der Waals surface area contributed by atoms with Gasteiger partial charge in [0.1, 0.15) is 6.07 Å². The molecule has 0 unspecified atom stereocenters. The third-order valence-corrected chi connectivity index (χ3v) is 2.67. The van der Waals surface area contributed by atoms with Gasteiger partial charge in [0.2, 0.25) is 0 Å². The summed E-state index contributed by atoms with van der Waals surface area (Å²) in [4.78, 5) is 0. The Morgan fingerprint density at radius 2 is 2.00 bits per heavy atom. The molecule has 1 N–H and O–H groups in total. The van der Waals surface area contributed by atoms with Crippen LogP contribution in [-0.4, -0.2) is 6.04 Å². The standard InChI is InChI=1S/C11H10F2N2/c12-10-7(6-14)4-5-9(11(10)13)15-8-2-1-3-8/h4-5,8,15H,1-3H2. The number of benzene rings is 1. The van der Waals surface area contributed by atoms with Crippen LogP contribution in [0.5, 0.6) is 0 Å². The molecule has 1 aromatic carbocycles. The Labute approximate surface area is 86.5 Å². The second-order valence-corrected chi connectivity index (χ2v) is 3.67. The van der Waals surface area contributed by atoms with E-state index in [-0.39, 0.29) is 17.3 Å². The van der Waals surface area contributed by atoms with Crippen molar-refractivity contribution in [1.29, 1.82) is 5.26 Å². The fourth-order valence-electron chi connectivity index (χ4n) is 1.52. The van der Waals surface area contributed by atoms with Gasteiger partial charge in [0.25, 0.3) is 0 Å². The second kappa shape index (κ2) is 3.85. The van der Waals surface area contributed by atoms with Crippen molar-refractivity contribution in [1.82, 2.24) is 0 Å². The van der Waals surface area contributed by atoms with Gasteiger partial charge in [-0.3, -0.25) is 0 Å². The van der Waals surface area contributed by atoms with Crippen LogP contribution in [0.2, 0.25) is 0 Å². The normalized spacial score (nSPS) is 15.5. The third-order valence-electron chi connectivity index (χ3n) is 2.67. The first-order valence-corrected chi connectivity index (χ1v) is 4.87. The van der Waals surface area contributed by atoms with Crippen molar-refractivity contribution in [3.05, 3.63) is 29.3 Å². The van der Waals surface area contributed by atoms with Crippen LogP contribution in [-0.2, 0) is 0 Å². The van der Waals surface area contributed by atoms with Crippen molar-refractivity contribution in [2.45, 2.75) is 25.3 Å². The van der Waals surface area contributed by atoms with Gasteiger partial charge in [0, 0.05) is 6.04 Å². The highest BCUT2D eigenvalue weighted by atomic mass is 19.2. The van der Waals surface area contributed by atoms with Crippen molar-refractivity contribution in [3.63, 3.8) is 0 Å². The van der Waals surface area contributed by atoms with Crippen LogP contribution in [0.1, 0.15) is 24.8 Å². The van der Waals surface area contributed by atoms with Crippen molar-refractivity contribution < 1.29 is 8.78 Å². The molecule has 1 fully saturated rings. The van der Waals surface area contributed by atoms with Crippen LogP contribution in [0.4, 0.5) is 14.5 Å². The molecule has 0 radical (unpaired) electrons. The number of rotatable bonds is 2. The fraction of sp³-hybridized carbons (Fsp3) is 0.364. The fourth-order valence-corrected chi connectivity index (χ4v) is 1.52. The summed E-state index contributed by atoms with van der Waals surface area (Å²) >= 11 is 0. The van der Waals surface area contributed by atoms with E-state index in [1.54, 1.807) is 6.07 Å². The van der Waals surface area contributed by atoms with E-state index in [1.807, 2.05) is 0 Å². The summed E-state index contributed by atoms with van der Waals surface area (Å²) in [5, 5.41) is 11.4. The van der Waals surface area contributed by atoms with Crippen LogP contribution in [0, 0.1) is 23.0 Å². The highest BCUT2D eigenvalue weighted by molar-refractivity contribution is 5.50. The lowest BCUT2D eigenvalue weighted by molar-refractivity contribution is 0.440. The number of nitrogens with one attached hydrogen (secondary N) is 1. The average Bonchev–Trinajstić information content (AvgIpc) is 2.18. The SMILES string of the molecule is N#Cc1ccc(NC2CCC2)c(F)c1F. The second-order valence-electron chi connectivity index (χ2n) is 3.67. The summed E-state index contributed by atoms with van der Waals surface area (Å²) in [6.07, 6.45) is 3.10. The molecule has 0 bridgehead atoms. The zero-order valence-electron chi connectivity index (χ0n) is 8.06. The third kappa shape index (κ3) is 1.78. The van der Waals surface area contributed by atoms with Gasteiger partial charge in [0.15, 0.2) is 11.6 Å². The van der Waals surface area contributed by atoms with Gasteiger partial charge >= 0.3 is 0 Å². The number of nitriles is 1. The molecule has 0 saturated heterocycles. The molecule has 1 aliphatic carbocycles. The van der Waals surface area contributed by atoms with Gasteiger partial charge in [0.05, 0.1) is 11.3 Å². The average molecular weight is 208 g/mol. The molecule has 78 valence electrons. The molecule has 1 aromatic rings. The Balaban J connectivity index is 2.25. The van der Waals surface area contributed by atoms with Crippen LogP contribution < -0.4 is 5.32 Å². The number of hydrogen-bond donors (Lipinski definition) is 1. The topological polar surface area (TPSA) is 35.8 Å². The monoisotopic (exact) mass is 208 g/mol. The van der Waals surface area contributed by atoms with Gasteiger partial charge in [-0.05, 0) is 31.4 Å². The van der Waals surface area contributed by atoms with Crippen LogP contribution in [0.3, 0.4) is 0 Å². The first-order valence-electron chi connectivity index (χ1n) is 4.87. The predicted octanol–water partition coefficient (Wildman–Crippen LogP) is 2.80. The Hall–Kier alpha value is -1.63. The van der Waals surface area contributed by atoms with E-state index in [2.05, 4.69) is 5.32 Å². The molecule has 0 spiro atoms. The lowest BCUT2D eigenvalue weighted by atomic mass is 9.93. The van der Waals surface area contributed by atoms with Gasteiger partial charge in [-0.1, -0.05) is 0 Å². The number of nitrogens with zero attached hydrogens (tertiary/aromatic N) is 1. The molecule has 1 saturated carbocycles. The minimum absolute atomic E-state index is 0.149. The highest BCUT2D eigenvalue weighted by Crippen LogP contribution is 2.26. The summed E-state index contributed by atoms with van der Waals surface area (Å²) in [5.74, 6) is -2.03. The maximum atomic E-state index is 13.4. The van der Waals surface area contributed by atoms with Crippen LogP contribution >= 0.6 is 0 Å². The minimum Gasteiger partial charge on any atom is -0.380 e. The van der Waals surface area contributed by atoms with Gasteiger partial charge in [-0.15, -0.1) is 0 Å². The van der Waals surface area contributed by atoms with Crippen molar-refractivity contribution in [2.75, 3.05) is 5.32 Å². The number of anilines is 1. The molecule has 1 aliphatic rings. The molecule has 2 nitrogen and oxygen atoms in total. The van der Waals surface area contributed by atoms with Crippen molar-refractivity contribution in [2.24, 2.45) is 0 Å². The Kier molecular flexibility index (Phi) is 2.55. The zero-order chi connectivity index (χ0) is 10.8. The van der Waals surface area contributed by atoms with Crippen LogP contribution in [0.25, 0.3) is 0 Å². The van der Waals surface area contributed by atoms with E-state index in [0.717, 1.165) is 19.3 Å². The van der Waals surface area contributed by atoms with Gasteiger partial charge in [-0.2, -0.15) is 5.26 Å². The van der Waals surface area contributed by atoms with E-state index in [0.29, 0.717) is 0 Å². The Bertz CT molecular complexity index is 419. The molecule has 0 atom stereocenters. The van der Waals surface area contributed by atoms with E-state index >= 15 is 0 Å². The molecule has 0 aliphatic heterocycles. The summed E-state index contributed by atoms with van der Waals surface area (Å²) in [7, 11) is 0. The molecule has 0 heterocycles. The lowest BCUT2D eigenvalue weighted by Crippen LogP contribution is -2.27. The Morgan fingerprint density at radius 1 is 1.27 bits per heavy atom. The summed E-state index contributed by atoms with van der Waals surface area (Å²) in [6.45, 7) is 0.